The van der Waals surface area contributed by atoms with Crippen molar-refractivity contribution in [2.45, 2.75) is 24.7 Å². The highest BCUT2D eigenvalue weighted by Crippen LogP contribution is 2.63. The number of aromatic nitrogens is 1. The third-order valence-electron chi connectivity index (χ3n) is 11.9. The van der Waals surface area contributed by atoms with Gasteiger partial charge in [-0.1, -0.05) is 159 Å². The van der Waals surface area contributed by atoms with Gasteiger partial charge in [-0.25, -0.2) is 4.98 Å². The van der Waals surface area contributed by atoms with Gasteiger partial charge in [-0.15, -0.1) is 0 Å². The van der Waals surface area contributed by atoms with E-state index in [1.165, 1.54) is 50.1 Å². The molecule has 0 saturated heterocycles. The molecule has 7 aromatic carbocycles. The van der Waals surface area contributed by atoms with E-state index in [2.05, 4.69) is 184 Å². The van der Waals surface area contributed by atoms with Crippen LogP contribution in [0.1, 0.15) is 47.2 Å². The first-order valence-electron chi connectivity index (χ1n) is 18.5. The summed E-state index contributed by atoms with van der Waals surface area (Å²) in [5.74, 6) is 0. The average Bonchev–Trinajstić information content (AvgIpc) is 3.74. The van der Waals surface area contributed by atoms with Crippen LogP contribution in [0.5, 0.6) is 0 Å². The summed E-state index contributed by atoms with van der Waals surface area (Å²) >= 11 is 0. The maximum atomic E-state index is 7.04. The van der Waals surface area contributed by atoms with Crippen molar-refractivity contribution in [3.05, 3.63) is 209 Å². The molecule has 2 aromatic heterocycles. The molecule has 0 radical (unpaired) electrons. The van der Waals surface area contributed by atoms with Crippen molar-refractivity contribution in [1.82, 2.24) is 4.98 Å². The first-order valence-corrected chi connectivity index (χ1v) is 18.5. The molecule has 0 N–H and O–H groups in total. The third-order valence-corrected chi connectivity index (χ3v) is 11.9. The molecule has 0 bridgehead atoms. The van der Waals surface area contributed by atoms with E-state index < -0.39 is 5.41 Å². The fourth-order valence-corrected chi connectivity index (χ4v) is 9.62. The van der Waals surface area contributed by atoms with Gasteiger partial charge in [-0.2, -0.15) is 0 Å². The van der Waals surface area contributed by atoms with E-state index in [0.717, 1.165) is 50.0 Å². The molecule has 11 rings (SSSR count). The number of nitrogens with zero attached hydrogens (tertiary/aromatic N) is 1. The van der Waals surface area contributed by atoms with Crippen molar-refractivity contribution in [3.63, 3.8) is 0 Å². The Morgan fingerprint density at radius 2 is 0.981 bits per heavy atom. The molecule has 2 heteroatoms. The van der Waals surface area contributed by atoms with Crippen LogP contribution in [-0.4, -0.2) is 4.98 Å². The van der Waals surface area contributed by atoms with Crippen molar-refractivity contribution in [2.24, 2.45) is 0 Å². The molecule has 2 nitrogen and oxygen atoms in total. The molecule has 0 fully saturated rings. The van der Waals surface area contributed by atoms with Gasteiger partial charge in [0, 0.05) is 32.9 Å². The van der Waals surface area contributed by atoms with Gasteiger partial charge in [0.25, 0.3) is 0 Å². The number of pyridine rings is 1. The summed E-state index contributed by atoms with van der Waals surface area (Å²) < 4.78 is 7.04. The highest BCUT2D eigenvalue weighted by atomic mass is 16.3. The number of furan rings is 1. The molecule has 0 saturated carbocycles. The van der Waals surface area contributed by atoms with Crippen molar-refractivity contribution in [3.8, 4) is 44.8 Å². The highest BCUT2D eigenvalue weighted by Gasteiger charge is 2.54. The third kappa shape index (κ3) is 4.12. The topological polar surface area (TPSA) is 26.0 Å². The standard InChI is InChI=1S/C51H35NO/c1-50(2)42-23-13-14-24-43(42)51(40-21-11-9-19-36(40)37-20-10-12-22-41(37)51)44-27-26-38-39-29-34(25-28-47(39)53-49(38)48(44)50)46-31-35(32-15-5-3-6-16-32)30-45(52-46)33-17-7-4-8-18-33/h3-31H,1-2H3. The average molecular weight is 678 g/mol. The molecule has 53 heavy (non-hydrogen) atoms. The van der Waals surface area contributed by atoms with Gasteiger partial charge < -0.3 is 4.42 Å². The lowest BCUT2D eigenvalue weighted by Gasteiger charge is -2.46. The minimum absolute atomic E-state index is 0.309. The van der Waals surface area contributed by atoms with Gasteiger partial charge in [0.05, 0.1) is 16.8 Å². The van der Waals surface area contributed by atoms with Gasteiger partial charge in [-0.05, 0) is 80.4 Å². The summed E-state index contributed by atoms with van der Waals surface area (Å²) in [5, 5.41) is 2.23. The Balaban J connectivity index is 1.17. The van der Waals surface area contributed by atoms with Crippen LogP contribution in [0.3, 0.4) is 0 Å². The monoisotopic (exact) mass is 677 g/mol. The van der Waals surface area contributed by atoms with Crippen LogP contribution in [0.15, 0.2) is 180 Å². The number of benzene rings is 7. The molecule has 2 aliphatic rings. The molecule has 250 valence electrons. The predicted octanol–water partition coefficient (Wildman–Crippen LogP) is 13.0. The van der Waals surface area contributed by atoms with Crippen molar-refractivity contribution >= 4 is 21.9 Å². The van der Waals surface area contributed by atoms with Crippen molar-refractivity contribution < 1.29 is 4.42 Å². The lowest BCUT2D eigenvalue weighted by atomic mass is 9.55. The van der Waals surface area contributed by atoms with Crippen LogP contribution < -0.4 is 0 Å². The Bertz CT molecular complexity index is 2810. The fraction of sp³-hybridized carbons (Fsp3) is 0.0784. The Kier molecular flexibility index (Phi) is 6.25. The van der Waals surface area contributed by atoms with Crippen LogP contribution in [0, 0.1) is 0 Å². The summed E-state index contributed by atoms with van der Waals surface area (Å²) in [6.07, 6.45) is 0. The second-order valence-electron chi connectivity index (χ2n) is 15.0. The zero-order valence-electron chi connectivity index (χ0n) is 29.6. The Labute approximate surface area is 309 Å². The van der Waals surface area contributed by atoms with E-state index in [-0.39, 0.29) is 5.41 Å². The second kappa shape index (κ2) is 11.0. The fourth-order valence-electron chi connectivity index (χ4n) is 9.62. The van der Waals surface area contributed by atoms with E-state index in [4.69, 9.17) is 9.40 Å². The van der Waals surface area contributed by atoms with Crippen LogP contribution in [0.4, 0.5) is 0 Å². The smallest absolute Gasteiger partial charge is 0.139 e. The zero-order valence-corrected chi connectivity index (χ0v) is 29.6. The normalized spacial score (nSPS) is 14.5. The largest absolute Gasteiger partial charge is 0.456 e. The summed E-state index contributed by atoms with van der Waals surface area (Å²) in [4.78, 5) is 5.25. The summed E-state index contributed by atoms with van der Waals surface area (Å²) in [5.41, 5.74) is 18.0. The van der Waals surface area contributed by atoms with Crippen molar-refractivity contribution in [2.75, 3.05) is 0 Å². The quantitative estimate of drug-likeness (QED) is 0.186. The van der Waals surface area contributed by atoms with Crippen LogP contribution in [-0.2, 0) is 10.8 Å². The first kappa shape index (κ1) is 30.1. The van der Waals surface area contributed by atoms with Gasteiger partial charge in [0.15, 0.2) is 0 Å². The van der Waals surface area contributed by atoms with E-state index in [0.29, 0.717) is 0 Å². The maximum Gasteiger partial charge on any atom is 0.139 e. The van der Waals surface area contributed by atoms with Crippen LogP contribution in [0.25, 0.3) is 66.7 Å². The Hall–Kier alpha value is -6.51. The number of fused-ring (bicyclic) bond motifs is 13. The maximum absolute atomic E-state index is 7.04. The molecule has 2 aliphatic carbocycles. The summed E-state index contributed by atoms with van der Waals surface area (Å²) in [7, 11) is 0. The lowest BCUT2D eigenvalue weighted by molar-refractivity contribution is 0.551. The molecule has 9 aromatic rings. The van der Waals surface area contributed by atoms with Crippen molar-refractivity contribution in [1.29, 1.82) is 0 Å². The number of hydrogen-bond acceptors (Lipinski definition) is 2. The van der Waals surface area contributed by atoms with E-state index >= 15 is 0 Å². The minimum atomic E-state index is -0.456. The first-order chi connectivity index (χ1) is 26.0. The molecular formula is C51H35NO. The number of rotatable bonds is 3. The van der Waals surface area contributed by atoms with E-state index in [9.17, 15) is 0 Å². The van der Waals surface area contributed by atoms with Gasteiger partial charge in [0.1, 0.15) is 11.2 Å². The number of hydrogen-bond donors (Lipinski definition) is 0. The predicted molar refractivity (Wildman–Crippen MR) is 217 cm³/mol. The van der Waals surface area contributed by atoms with Gasteiger partial charge in [-0.3, -0.25) is 0 Å². The lowest BCUT2D eigenvalue weighted by Crippen LogP contribution is -2.40. The Morgan fingerprint density at radius 1 is 0.415 bits per heavy atom. The zero-order chi connectivity index (χ0) is 35.3. The molecule has 0 amide bonds. The summed E-state index contributed by atoms with van der Waals surface area (Å²) in [6, 6.07) is 63.8. The van der Waals surface area contributed by atoms with E-state index in [1.54, 1.807) is 0 Å². The van der Waals surface area contributed by atoms with Gasteiger partial charge >= 0.3 is 0 Å². The molecule has 0 unspecified atom stereocenters. The molecular weight excluding hydrogens is 643 g/mol. The summed E-state index contributed by atoms with van der Waals surface area (Å²) in [6.45, 7) is 4.74. The molecule has 0 atom stereocenters. The Morgan fingerprint density at radius 3 is 1.66 bits per heavy atom. The molecule has 1 spiro atoms. The highest BCUT2D eigenvalue weighted by molar-refractivity contribution is 6.09. The molecule has 0 aliphatic heterocycles. The molecule has 2 heterocycles. The van der Waals surface area contributed by atoms with Crippen LogP contribution >= 0.6 is 0 Å². The van der Waals surface area contributed by atoms with Crippen LogP contribution in [0.2, 0.25) is 0 Å². The minimum Gasteiger partial charge on any atom is -0.456 e. The van der Waals surface area contributed by atoms with Gasteiger partial charge in [0.2, 0.25) is 0 Å². The second-order valence-corrected chi connectivity index (χ2v) is 15.0. The van der Waals surface area contributed by atoms with E-state index in [1.807, 2.05) is 6.07 Å². The SMILES string of the molecule is CC1(C)c2ccccc2C2(c3ccccc3-c3ccccc32)c2ccc3c(oc4ccc(-c5cc(-c6ccccc6)cc(-c6ccccc6)n5)cc43)c21.